The van der Waals surface area contributed by atoms with Crippen molar-refractivity contribution in [3.63, 3.8) is 0 Å². The third-order valence-corrected chi connectivity index (χ3v) is 3.61. The first-order valence-electron chi connectivity index (χ1n) is 5.88. The number of nitrogens with zero attached hydrogens (tertiary/aromatic N) is 1. The van der Waals surface area contributed by atoms with Crippen LogP contribution in [0.15, 0.2) is 11.8 Å². The molecule has 1 saturated heterocycles. The van der Waals surface area contributed by atoms with Crippen molar-refractivity contribution in [2.45, 2.75) is 45.1 Å². The van der Waals surface area contributed by atoms with Crippen molar-refractivity contribution in [2.24, 2.45) is 5.92 Å². The molecule has 0 aromatic carbocycles. The molecule has 2 rings (SSSR count). The van der Waals surface area contributed by atoms with Crippen LogP contribution in [0.3, 0.4) is 0 Å². The Hall–Kier alpha value is -0.500. The van der Waals surface area contributed by atoms with E-state index in [0.717, 1.165) is 12.5 Å². The van der Waals surface area contributed by atoms with Gasteiger partial charge in [0, 0.05) is 12.2 Å². The summed E-state index contributed by atoms with van der Waals surface area (Å²) in [5.74, 6) is 0.855. The first kappa shape index (κ1) is 10.0. The fourth-order valence-corrected chi connectivity index (χ4v) is 2.62. The Morgan fingerprint density at radius 3 is 3.00 bits per heavy atom. The van der Waals surface area contributed by atoms with Crippen LogP contribution in [0, 0.1) is 5.92 Å². The number of hydrogen-bond donors (Lipinski definition) is 1. The first-order chi connectivity index (χ1) is 6.81. The van der Waals surface area contributed by atoms with Crippen molar-refractivity contribution in [1.29, 1.82) is 0 Å². The van der Waals surface area contributed by atoms with Crippen LogP contribution in [0.2, 0.25) is 0 Å². The highest BCUT2D eigenvalue weighted by molar-refractivity contribution is 5.08. The molecule has 2 nitrogen and oxygen atoms in total. The molecule has 1 aliphatic heterocycles. The quantitative estimate of drug-likeness (QED) is 0.729. The predicted molar refractivity (Wildman–Crippen MR) is 57.9 cm³/mol. The highest BCUT2D eigenvalue weighted by Gasteiger charge is 2.26. The molecule has 80 valence electrons. The van der Waals surface area contributed by atoms with Gasteiger partial charge in [-0.2, -0.15) is 0 Å². The summed E-state index contributed by atoms with van der Waals surface area (Å²) in [6, 6.07) is 0.412. The van der Waals surface area contributed by atoms with Crippen LogP contribution in [0.5, 0.6) is 0 Å². The van der Waals surface area contributed by atoms with Gasteiger partial charge in [-0.3, -0.25) is 0 Å². The summed E-state index contributed by atoms with van der Waals surface area (Å²) in [4.78, 5) is 2.44. The second-order valence-electron chi connectivity index (χ2n) is 4.75. The number of aliphatic hydroxyl groups is 1. The van der Waals surface area contributed by atoms with Gasteiger partial charge in [-0.15, -0.1) is 0 Å². The summed E-state index contributed by atoms with van der Waals surface area (Å²) in [6.07, 6.45) is 8.58. The third kappa shape index (κ3) is 1.95. The Bertz CT molecular complexity index is 224. The van der Waals surface area contributed by atoms with Crippen molar-refractivity contribution in [1.82, 2.24) is 4.90 Å². The lowest BCUT2D eigenvalue weighted by Gasteiger charge is -2.31. The molecule has 0 radical (unpaired) electrons. The second kappa shape index (κ2) is 4.35. The average Bonchev–Trinajstić information content (AvgIpc) is 2.67. The van der Waals surface area contributed by atoms with Gasteiger partial charge in [0.15, 0.2) is 0 Å². The number of aliphatic hydroxyl groups excluding tert-OH is 1. The predicted octanol–water partition coefficient (Wildman–Crippen LogP) is 2.15. The molecular formula is C12H21NO. The first-order valence-corrected chi connectivity index (χ1v) is 5.88. The lowest BCUT2D eigenvalue weighted by atomic mass is 9.93. The van der Waals surface area contributed by atoms with Crippen LogP contribution in [0.4, 0.5) is 0 Å². The summed E-state index contributed by atoms with van der Waals surface area (Å²) in [6.45, 7) is 3.80. The Labute approximate surface area is 86.6 Å². The lowest BCUT2D eigenvalue weighted by molar-refractivity contribution is 0.179. The zero-order valence-electron chi connectivity index (χ0n) is 9.08. The minimum atomic E-state index is 0.326. The van der Waals surface area contributed by atoms with Gasteiger partial charge in [0.25, 0.3) is 0 Å². The Balaban J connectivity index is 2.00. The van der Waals surface area contributed by atoms with E-state index < -0.39 is 0 Å². The molecular weight excluding hydrogens is 174 g/mol. The maximum atomic E-state index is 9.25. The summed E-state index contributed by atoms with van der Waals surface area (Å²) in [5.41, 5.74) is 1.50. The largest absolute Gasteiger partial charge is 0.394 e. The van der Waals surface area contributed by atoms with E-state index in [-0.39, 0.29) is 0 Å². The molecule has 1 fully saturated rings. The normalized spacial score (nSPS) is 33.3. The zero-order valence-corrected chi connectivity index (χ0v) is 9.08. The Kier molecular flexibility index (Phi) is 3.12. The van der Waals surface area contributed by atoms with Gasteiger partial charge >= 0.3 is 0 Å². The van der Waals surface area contributed by atoms with Gasteiger partial charge in [0.05, 0.1) is 12.6 Å². The topological polar surface area (TPSA) is 23.5 Å². The molecule has 1 unspecified atom stereocenters. The lowest BCUT2D eigenvalue weighted by Crippen LogP contribution is -2.32. The van der Waals surface area contributed by atoms with Crippen LogP contribution < -0.4 is 0 Å². The van der Waals surface area contributed by atoms with Crippen molar-refractivity contribution in [2.75, 3.05) is 13.2 Å². The van der Waals surface area contributed by atoms with Crippen LogP contribution in [-0.4, -0.2) is 29.2 Å². The van der Waals surface area contributed by atoms with Crippen molar-refractivity contribution >= 4 is 0 Å². The van der Waals surface area contributed by atoms with Crippen molar-refractivity contribution < 1.29 is 5.11 Å². The molecule has 14 heavy (non-hydrogen) atoms. The highest BCUT2D eigenvalue weighted by Crippen LogP contribution is 2.30. The molecule has 0 bridgehead atoms. The number of rotatable bonds is 2. The molecule has 1 heterocycles. The highest BCUT2D eigenvalue weighted by atomic mass is 16.3. The van der Waals surface area contributed by atoms with Crippen LogP contribution in [0.25, 0.3) is 0 Å². The molecule has 0 spiro atoms. The maximum Gasteiger partial charge on any atom is 0.0634 e. The summed E-state index contributed by atoms with van der Waals surface area (Å²) < 4.78 is 0. The molecule has 2 heteroatoms. The molecule has 0 saturated carbocycles. The molecule has 2 atom stereocenters. The van der Waals surface area contributed by atoms with Crippen LogP contribution in [0.1, 0.15) is 39.0 Å². The summed E-state index contributed by atoms with van der Waals surface area (Å²) in [5, 5.41) is 9.25. The van der Waals surface area contributed by atoms with Crippen molar-refractivity contribution in [3.8, 4) is 0 Å². The van der Waals surface area contributed by atoms with Gasteiger partial charge < -0.3 is 10.0 Å². The number of allylic oxidation sites excluding steroid dienone is 2. The van der Waals surface area contributed by atoms with Gasteiger partial charge in [-0.1, -0.05) is 13.0 Å². The molecule has 1 aliphatic carbocycles. The zero-order chi connectivity index (χ0) is 9.97. The van der Waals surface area contributed by atoms with Gasteiger partial charge in [0.2, 0.25) is 0 Å². The van der Waals surface area contributed by atoms with Crippen LogP contribution >= 0.6 is 0 Å². The van der Waals surface area contributed by atoms with E-state index in [1.54, 1.807) is 0 Å². The third-order valence-electron chi connectivity index (χ3n) is 3.61. The van der Waals surface area contributed by atoms with E-state index in [4.69, 9.17) is 0 Å². The molecule has 0 amide bonds. The maximum absolute atomic E-state index is 9.25. The molecule has 0 aromatic heterocycles. The Morgan fingerprint density at radius 2 is 2.36 bits per heavy atom. The van der Waals surface area contributed by atoms with E-state index in [1.165, 1.54) is 37.8 Å². The fourth-order valence-electron chi connectivity index (χ4n) is 2.62. The summed E-state index contributed by atoms with van der Waals surface area (Å²) in [7, 11) is 0. The van der Waals surface area contributed by atoms with E-state index in [0.29, 0.717) is 12.6 Å². The van der Waals surface area contributed by atoms with E-state index in [9.17, 15) is 5.11 Å². The molecule has 2 aliphatic rings. The van der Waals surface area contributed by atoms with Gasteiger partial charge in [-0.25, -0.2) is 0 Å². The number of hydrogen-bond acceptors (Lipinski definition) is 2. The smallest absolute Gasteiger partial charge is 0.0634 e. The minimum Gasteiger partial charge on any atom is -0.394 e. The molecule has 1 N–H and O–H groups in total. The van der Waals surface area contributed by atoms with Gasteiger partial charge in [-0.05, 0) is 38.0 Å². The van der Waals surface area contributed by atoms with Gasteiger partial charge in [0.1, 0.15) is 0 Å². The summed E-state index contributed by atoms with van der Waals surface area (Å²) >= 11 is 0. The van der Waals surface area contributed by atoms with E-state index in [1.807, 2.05) is 0 Å². The SMILES string of the molecule is C[C@@H]1CC=C(N2CCCC2CO)CC1. The minimum absolute atomic E-state index is 0.326. The monoisotopic (exact) mass is 195 g/mol. The average molecular weight is 195 g/mol. The van der Waals surface area contributed by atoms with Crippen LogP contribution in [-0.2, 0) is 0 Å². The van der Waals surface area contributed by atoms with E-state index in [2.05, 4.69) is 17.9 Å². The Morgan fingerprint density at radius 1 is 1.50 bits per heavy atom. The van der Waals surface area contributed by atoms with Crippen molar-refractivity contribution in [3.05, 3.63) is 11.8 Å². The fraction of sp³-hybridized carbons (Fsp3) is 0.833. The second-order valence-corrected chi connectivity index (χ2v) is 4.75. The van der Waals surface area contributed by atoms with E-state index >= 15 is 0 Å². The standard InChI is InChI=1S/C12H21NO/c1-10-4-6-11(7-5-10)13-8-2-3-12(13)9-14/h6,10,12,14H,2-5,7-9H2,1H3/t10-,12?/m1/s1. The molecule has 0 aromatic rings. The number of likely N-dealkylation sites (tertiary alicyclic amines) is 1.